The number of aryl methyl sites for hydroxylation is 2. The molecule has 1 amide bonds. The fraction of sp³-hybridized carbons (Fsp3) is 0.304. The van der Waals surface area contributed by atoms with Gasteiger partial charge >= 0.3 is 0 Å². The Morgan fingerprint density at radius 2 is 1.93 bits per heavy atom. The first-order valence-corrected chi connectivity index (χ1v) is 9.51. The van der Waals surface area contributed by atoms with Gasteiger partial charge in [-0.3, -0.25) is 9.48 Å². The van der Waals surface area contributed by atoms with Crippen molar-refractivity contribution in [3.8, 4) is 5.75 Å². The Morgan fingerprint density at radius 1 is 1.18 bits per heavy atom. The summed E-state index contributed by atoms with van der Waals surface area (Å²) in [6.07, 6.45) is 1.92. The van der Waals surface area contributed by atoms with Gasteiger partial charge in [0, 0.05) is 30.9 Å². The normalized spacial score (nSPS) is 10.9. The number of rotatable bonds is 7. The van der Waals surface area contributed by atoms with Crippen molar-refractivity contribution in [1.29, 1.82) is 0 Å². The van der Waals surface area contributed by atoms with Gasteiger partial charge in [-0.2, -0.15) is 5.10 Å². The topological polar surface area (TPSA) is 56.2 Å². The Bertz CT molecular complexity index is 943. The summed E-state index contributed by atoms with van der Waals surface area (Å²) >= 11 is 0. The van der Waals surface area contributed by atoms with E-state index in [4.69, 9.17) is 4.74 Å². The van der Waals surface area contributed by atoms with E-state index in [-0.39, 0.29) is 5.91 Å². The van der Waals surface area contributed by atoms with Crippen LogP contribution in [0.4, 0.5) is 0 Å². The van der Waals surface area contributed by atoms with Crippen LogP contribution in [0.1, 0.15) is 52.5 Å². The molecule has 3 aromatic rings. The molecule has 0 aliphatic heterocycles. The van der Waals surface area contributed by atoms with Crippen LogP contribution < -0.4 is 10.1 Å². The maximum Gasteiger partial charge on any atom is 0.251 e. The first kappa shape index (κ1) is 19.7. The highest BCUT2D eigenvalue weighted by atomic mass is 16.5. The number of ether oxygens (including phenoxy) is 1. The van der Waals surface area contributed by atoms with Crippen LogP contribution in [0.3, 0.4) is 0 Å². The van der Waals surface area contributed by atoms with Crippen molar-refractivity contribution < 1.29 is 9.53 Å². The number of nitrogens with one attached hydrogen (secondary N) is 1. The van der Waals surface area contributed by atoms with Crippen molar-refractivity contribution in [2.75, 3.05) is 0 Å². The van der Waals surface area contributed by atoms with E-state index in [2.05, 4.69) is 36.4 Å². The molecule has 2 aromatic carbocycles. The maximum absolute atomic E-state index is 12.5. The van der Waals surface area contributed by atoms with Gasteiger partial charge in [0.15, 0.2) is 0 Å². The quantitative estimate of drug-likeness (QED) is 0.665. The van der Waals surface area contributed by atoms with Gasteiger partial charge in [0.1, 0.15) is 12.4 Å². The van der Waals surface area contributed by atoms with Crippen LogP contribution in [-0.4, -0.2) is 15.7 Å². The van der Waals surface area contributed by atoms with Crippen molar-refractivity contribution >= 4 is 5.91 Å². The zero-order chi connectivity index (χ0) is 20.1. The lowest BCUT2D eigenvalue weighted by atomic mass is 10.0. The number of carbonyl (C=O) groups is 1. The average molecular weight is 377 g/mol. The van der Waals surface area contributed by atoms with Gasteiger partial charge in [0.2, 0.25) is 0 Å². The molecule has 0 bridgehead atoms. The standard InChI is InChI=1S/C23H27N3O2/c1-16(2)19-8-10-22(11-9-19)28-15-18-6-5-7-20(12-18)23(27)24-13-21-14-26(4)25-17(21)3/h5-12,14,16H,13,15H2,1-4H3,(H,24,27). The molecule has 0 unspecified atom stereocenters. The third kappa shape index (κ3) is 5.00. The van der Waals surface area contributed by atoms with Crippen molar-refractivity contribution in [1.82, 2.24) is 15.1 Å². The molecule has 28 heavy (non-hydrogen) atoms. The Hall–Kier alpha value is -3.08. The highest BCUT2D eigenvalue weighted by molar-refractivity contribution is 5.94. The molecule has 146 valence electrons. The zero-order valence-corrected chi connectivity index (χ0v) is 16.9. The highest BCUT2D eigenvalue weighted by Gasteiger charge is 2.09. The van der Waals surface area contributed by atoms with Gasteiger partial charge < -0.3 is 10.1 Å². The molecule has 1 heterocycles. The van der Waals surface area contributed by atoms with Gasteiger partial charge in [0.25, 0.3) is 5.91 Å². The largest absolute Gasteiger partial charge is 0.489 e. The number of hydrogen-bond donors (Lipinski definition) is 1. The van der Waals surface area contributed by atoms with Crippen molar-refractivity contribution in [3.05, 3.63) is 82.7 Å². The van der Waals surface area contributed by atoms with E-state index in [0.717, 1.165) is 22.6 Å². The molecule has 0 aliphatic carbocycles. The fourth-order valence-electron chi connectivity index (χ4n) is 3.02. The highest BCUT2D eigenvalue weighted by Crippen LogP contribution is 2.19. The van der Waals surface area contributed by atoms with E-state index in [1.165, 1.54) is 5.56 Å². The Kier molecular flexibility index (Phi) is 6.14. The van der Waals surface area contributed by atoms with E-state index in [0.29, 0.717) is 24.6 Å². The molecular weight excluding hydrogens is 350 g/mol. The number of benzene rings is 2. The van der Waals surface area contributed by atoms with Crippen molar-refractivity contribution in [2.45, 2.75) is 39.8 Å². The third-order valence-electron chi connectivity index (χ3n) is 4.70. The summed E-state index contributed by atoms with van der Waals surface area (Å²) in [7, 11) is 1.87. The Balaban J connectivity index is 1.58. The first-order valence-electron chi connectivity index (χ1n) is 9.51. The fourth-order valence-corrected chi connectivity index (χ4v) is 3.02. The minimum atomic E-state index is -0.105. The van der Waals surface area contributed by atoms with Crippen LogP contribution in [0.15, 0.2) is 54.7 Å². The predicted molar refractivity (Wildman–Crippen MR) is 110 cm³/mol. The molecule has 0 atom stereocenters. The molecule has 5 nitrogen and oxygen atoms in total. The lowest BCUT2D eigenvalue weighted by Crippen LogP contribution is -2.23. The smallest absolute Gasteiger partial charge is 0.251 e. The lowest BCUT2D eigenvalue weighted by Gasteiger charge is -2.10. The number of hydrogen-bond acceptors (Lipinski definition) is 3. The van der Waals surface area contributed by atoms with Crippen molar-refractivity contribution in [3.63, 3.8) is 0 Å². The molecule has 0 fully saturated rings. The molecule has 3 rings (SSSR count). The van der Waals surface area contributed by atoms with Crippen molar-refractivity contribution in [2.24, 2.45) is 7.05 Å². The molecule has 0 radical (unpaired) electrons. The number of carbonyl (C=O) groups excluding carboxylic acids is 1. The summed E-state index contributed by atoms with van der Waals surface area (Å²) in [5, 5.41) is 7.25. The molecule has 0 aliphatic rings. The summed E-state index contributed by atoms with van der Waals surface area (Å²) in [5.41, 5.74) is 4.81. The number of aromatic nitrogens is 2. The van der Waals surface area contributed by atoms with Gasteiger partial charge in [-0.05, 0) is 48.2 Å². The number of nitrogens with zero attached hydrogens (tertiary/aromatic N) is 2. The van der Waals surface area contributed by atoms with Crippen LogP contribution in [-0.2, 0) is 20.2 Å². The maximum atomic E-state index is 12.5. The molecule has 0 spiro atoms. The van der Waals surface area contributed by atoms with Gasteiger partial charge in [-0.15, -0.1) is 0 Å². The van der Waals surface area contributed by atoms with E-state index in [1.807, 2.05) is 56.6 Å². The second-order valence-corrected chi connectivity index (χ2v) is 7.31. The monoisotopic (exact) mass is 377 g/mol. The molecule has 1 N–H and O–H groups in total. The molecule has 1 aromatic heterocycles. The van der Waals surface area contributed by atoms with Gasteiger partial charge in [-0.25, -0.2) is 0 Å². The van der Waals surface area contributed by atoms with Crippen LogP contribution in [0.25, 0.3) is 0 Å². The minimum Gasteiger partial charge on any atom is -0.489 e. The molecule has 0 saturated heterocycles. The summed E-state index contributed by atoms with van der Waals surface area (Å²) in [6, 6.07) is 15.7. The Labute approximate surface area is 166 Å². The van der Waals surface area contributed by atoms with E-state index >= 15 is 0 Å². The first-order chi connectivity index (χ1) is 13.4. The zero-order valence-electron chi connectivity index (χ0n) is 16.9. The summed E-state index contributed by atoms with van der Waals surface area (Å²) < 4.78 is 7.62. The van der Waals surface area contributed by atoms with Crippen LogP contribution in [0, 0.1) is 6.92 Å². The van der Waals surface area contributed by atoms with E-state index in [1.54, 1.807) is 4.68 Å². The van der Waals surface area contributed by atoms with Crippen LogP contribution in [0.2, 0.25) is 0 Å². The second kappa shape index (κ2) is 8.74. The summed E-state index contributed by atoms with van der Waals surface area (Å²) in [5.74, 6) is 1.22. The van der Waals surface area contributed by atoms with Gasteiger partial charge in [0.05, 0.1) is 5.69 Å². The Morgan fingerprint density at radius 3 is 2.57 bits per heavy atom. The summed E-state index contributed by atoms with van der Waals surface area (Å²) in [6.45, 7) is 7.16. The minimum absolute atomic E-state index is 0.105. The third-order valence-corrected chi connectivity index (χ3v) is 4.70. The SMILES string of the molecule is Cc1nn(C)cc1CNC(=O)c1cccc(COc2ccc(C(C)C)cc2)c1. The molecule has 5 heteroatoms. The molecular formula is C23H27N3O2. The van der Waals surface area contributed by atoms with E-state index in [9.17, 15) is 4.79 Å². The van der Waals surface area contributed by atoms with E-state index < -0.39 is 0 Å². The average Bonchev–Trinajstić information content (AvgIpc) is 3.02. The summed E-state index contributed by atoms with van der Waals surface area (Å²) in [4.78, 5) is 12.5. The number of amides is 1. The lowest BCUT2D eigenvalue weighted by molar-refractivity contribution is 0.0950. The van der Waals surface area contributed by atoms with Crippen LogP contribution >= 0.6 is 0 Å². The van der Waals surface area contributed by atoms with Gasteiger partial charge in [-0.1, -0.05) is 38.1 Å². The molecule has 0 saturated carbocycles. The second-order valence-electron chi connectivity index (χ2n) is 7.31. The van der Waals surface area contributed by atoms with Crippen LogP contribution in [0.5, 0.6) is 5.75 Å². The predicted octanol–water partition coefficient (Wildman–Crippen LogP) is 4.36.